The fourth-order valence-corrected chi connectivity index (χ4v) is 13.7. The summed E-state index contributed by atoms with van der Waals surface area (Å²) < 4.78 is 107. The van der Waals surface area contributed by atoms with E-state index in [1.165, 1.54) is 51.9 Å². The molecule has 6 aromatic heterocycles. The molecule has 3 fully saturated rings. The van der Waals surface area contributed by atoms with Crippen LogP contribution in [0.4, 0.5) is 77.9 Å². The van der Waals surface area contributed by atoms with E-state index in [-0.39, 0.29) is 102 Å². The van der Waals surface area contributed by atoms with Crippen molar-refractivity contribution in [2.45, 2.75) is 48.5 Å². The highest BCUT2D eigenvalue weighted by Crippen LogP contribution is 2.40. The number of halogens is 6. The topological polar surface area (TPSA) is 278 Å². The van der Waals surface area contributed by atoms with Crippen LogP contribution in [0.3, 0.4) is 0 Å². The molecule has 0 aliphatic carbocycles. The molecule has 33 heteroatoms. The molecule has 27 nitrogen and oxygen atoms in total. The molecule has 0 unspecified atom stereocenters. The van der Waals surface area contributed by atoms with Crippen molar-refractivity contribution in [3.63, 3.8) is 0 Å². The van der Waals surface area contributed by atoms with Gasteiger partial charge in [-0.3, -0.25) is 14.4 Å². The second-order valence-electron chi connectivity index (χ2n) is 28.7. The predicted octanol–water partition coefficient (Wildman–Crippen LogP) is 14.8. The molecule has 0 atom stereocenters. The molecule has 0 radical (unpaired) electrons. The summed E-state index contributed by atoms with van der Waals surface area (Å²) in [4.78, 5) is 89.9. The molecule has 15 rings (SSSR count). The van der Waals surface area contributed by atoms with Crippen LogP contribution in [0.5, 0.6) is 34.9 Å². The normalized spacial score (nSPS) is 13.9. The third kappa shape index (κ3) is 18.5. The molecule has 0 bridgehead atoms. The van der Waals surface area contributed by atoms with E-state index in [1.807, 2.05) is 93.6 Å². The third-order valence-corrected chi connectivity index (χ3v) is 20.8. The smallest absolute Gasteiger partial charge is 0.262 e. The maximum atomic E-state index is 15.3. The number of fused-ring (bicyclic) bond motifs is 3. The van der Waals surface area contributed by atoms with Gasteiger partial charge in [0, 0.05) is 205 Å². The number of nitrogens with one attached hydrogen (secondary N) is 7. The molecule has 3 aliphatic heterocycles. The first-order chi connectivity index (χ1) is 56.4. The molecule has 0 saturated carbocycles. The van der Waals surface area contributed by atoms with E-state index in [4.69, 9.17) is 14.2 Å². The summed E-state index contributed by atoms with van der Waals surface area (Å²) in [6, 6.07) is 30.8. The van der Waals surface area contributed by atoms with Crippen LogP contribution in [0.2, 0.25) is 0 Å². The highest BCUT2D eigenvalue weighted by atomic mass is 19.1. The zero-order chi connectivity index (χ0) is 82.9. The van der Waals surface area contributed by atoms with Crippen LogP contribution in [0.25, 0.3) is 32.7 Å². The molecular formula is C84H93F6N21O6. The lowest BCUT2D eigenvalue weighted by atomic mass is 10.2. The summed E-state index contributed by atoms with van der Waals surface area (Å²) in [6.07, 6.45) is 3.64. The molecule has 3 saturated heterocycles. The van der Waals surface area contributed by atoms with E-state index in [9.17, 15) is 27.6 Å². The number of hydrogen-bond donors (Lipinski definition) is 7. The van der Waals surface area contributed by atoms with Crippen LogP contribution in [0.1, 0.15) is 75.9 Å². The number of aromatic amines is 3. The second kappa shape index (κ2) is 36.4. The van der Waals surface area contributed by atoms with Crippen molar-refractivity contribution in [3.05, 3.63) is 197 Å². The Morgan fingerprint density at radius 3 is 0.991 bits per heavy atom. The van der Waals surface area contributed by atoms with Gasteiger partial charge in [0.25, 0.3) is 17.7 Å². The quantitative estimate of drug-likeness (QED) is 0.0311. The molecule has 3 amide bonds. The Labute approximate surface area is 672 Å². The van der Waals surface area contributed by atoms with Gasteiger partial charge in [-0.1, -0.05) is 6.92 Å². The van der Waals surface area contributed by atoms with Crippen molar-refractivity contribution in [2.24, 2.45) is 0 Å². The molecule has 612 valence electrons. The number of hydrogen-bond acceptors (Lipinski definition) is 21. The fourth-order valence-electron chi connectivity index (χ4n) is 13.7. The number of piperazine rings is 3. The Balaban J connectivity index is 0.000000152. The molecule has 7 N–H and O–H groups in total. The average molecular weight is 1610 g/mol. The zero-order valence-electron chi connectivity index (χ0n) is 66.9. The van der Waals surface area contributed by atoms with Crippen molar-refractivity contribution in [2.75, 3.05) is 164 Å². The Morgan fingerprint density at radius 2 is 0.701 bits per heavy atom. The Morgan fingerprint density at radius 1 is 0.410 bits per heavy atom. The number of ether oxygens (including phenoxy) is 3. The summed E-state index contributed by atoms with van der Waals surface area (Å²) in [5.74, 6) is -6.72. The molecule has 12 aromatic rings. The maximum absolute atomic E-state index is 15.3. The largest absolute Gasteiger partial charge is 0.435 e. The molecule has 6 aromatic carbocycles. The van der Waals surface area contributed by atoms with Crippen LogP contribution in [0.15, 0.2) is 128 Å². The van der Waals surface area contributed by atoms with Crippen LogP contribution in [-0.2, 0) is 0 Å². The van der Waals surface area contributed by atoms with Crippen molar-refractivity contribution >= 4 is 102 Å². The summed E-state index contributed by atoms with van der Waals surface area (Å²) in [5.41, 5.74) is 7.40. The van der Waals surface area contributed by atoms with E-state index in [1.54, 1.807) is 41.9 Å². The fraction of sp³-hybridized carbons (Fsp3) is 0.321. The van der Waals surface area contributed by atoms with Crippen LogP contribution in [0, 0.1) is 55.7 Å². The minimum Gasteiger partial charge on any atom is -0.435 e. The average Bonchev–Trinajstić information content (AvgIpc) is 1.64. The Hall–Kier alpha value is -12.8. The number of carbonyl (C=O) groups is 3. The summed E-state index contributed by atoms with van der Waals surface area (Å²) in [7, 11) is 7.00. The van der Waals surface area contributed by atoms with Crippen molar-refractivity contribution < 1.29 is 54.9 Å². The number of H-pyrrole nitrogens is 3. The van der Waals surface area contributed by atoms with Gasteiger partial charge in [0.15, 0.2) is 69.6 Å². The number of benzene rings is 6. The molecule has 9 heterocycles. The first-order valence-electron chi connectivity index (χ1n) is 38.6. The standard InChI is InChI=1S/C29H33F2N7O2.C28H31F2N7O2.C27H29F2N7O2/c1-5-36(4)29(39)24-27(35-19-7-9-20(10-8-19)38-13-11-37(6-2)12-14-38)32-17-33-28(24)40-23-16-22(30)26-21(25(23)31)15-18(3)34-26;1-5-36(4)28(38)23-26(34-18-6-8-19(9-7-18)37-12-10-35(3)11-13-37)31-16-32-27(23)39-22-15-21(29)25-20(24(22)30)14-17(2)33-25;1-4-35(3)27(37)22-25(34-17-5-7-18(8-6-17)36-11-9-30-10-12-36)31-15-32-26(22)38-21-14-20(28)24-19(23(21)29)13-16(2)33-24/h7-10,15-17,34H,5-6,11-14H2,1-4H3,(H,32,33,35);6-9,14-16,33H,5,10-13H2,1-4H3,(H,31,32,34);5-8,13-15,30,33H,4,9-12H2,1-3H3,(H,31,32,34). The van der Waals surface area contributed by atoms with Gasteiger partial charge in [0.05, 0.1) is 16.6 Å². The third-order valence-electron chi connectivity index (χ3n) is 20.8. The van der Waals surface area contributed by atoms with Gasteiger partial charge in [-0.25, -0.2) is 56.2 Å². The monoisotopic (exact) mass is 1610 g/mol. The van der Waals surface area contributed by atoms with Gasteiger partial charge >= 0.3 is 0 Å². The van der Waals surface area contributed by atoms with Crippen molar-refractivity contribution in [3.8, 4) is 34.9 Å². The number of amides is 3. The van der Waals surface area contributed by atoms with Gasteiger partial charge in [-0.05, 0) is 146 Å². The Bertz CT molecular complexity index is 5560. The number of nitrogens with zero attached hydrogens (tertiary/aromatic N) is 14. The lowest BCUT2D eigenvalue weighted by molar-refractivity contribution is 0.0791. The number of carbonyl (C=O) groups excluding carboxylic acids is 3. The van der Waals surface area contributed by atoms with Crippen LogP contribution in [-0.4, -0.2) is 220 Å². The first-order valence-corrected chi connectivity index (χ1v) is 38.6. The highest BCUT2D eigenvalue weighted by molar-refractivity contribution is 6.03. The van der Waals surface area contributed by atoms with Crippen LogP contribution < -0.4 is 50.2 Å². The zero-order valence-corrected chi connectivity index (χ0v) is 66.9. The van der Waals surface area contributed by atoms with E-state index in [0.717, 1.165) is 120 Å². The molecule has 0 spiro atoms. The van der Waals surface area contributed by atoms with E-state index in [0.29, 0.717) is 53.8 Å². The molecule has 117 heavy (non-hydrogen) atoms. The van der Waals surface area contributed by atoms with Crippen molar-refractivity contribution in [1.82, 2.24) is 74.7 Å². The molecule has 3 aliphatic rings. The van der Waals surface area contributed by atoms with Gasteiger partial charge in [0.2, 0.25) is 17.6 Å². The number of rotatable bonds is 22. The minimum atomic E-state index is -0.760. The summed E-state index contributed by atoms with van der Waals surface area (Å²) in [6.45, 7) is 26.6. The van der Waals surface area contributed by atoms with Crippen LogP contribution >= 0.6 is 0 Å². The first kappa shape index (κ1) is 82.2. The summed E-state index contributed by atoms with van der Waals surface area (Å²) in [5, 5.41) is 13.0. The number of anilines is 9. The van der Waals surface area contributed by atoms with E-state index < -0.39 is 52.6 Å². The number of aryl methyl sites for hydroxylation is 3. The summed E-state index contributed by atoms with van der Waals surface area (Å²) >= 11 is 0. The highest BCUT2D eigenvalue weighted by Gasteiger charge is 2.31. The lowest BCUT2D eigenvalue weighted by Gasteiger charge is -2.35. The SMILES string of the molecule is CCN(C)C(=O)c1c(Nc2ccc(N3CCN(C)CC3)cc2)ncnc1Oc1cc(F)c2[nH]c(C)cc2c1F.CCN(C)C(=O)c1c(Nc2ccc(N3CCNCC3)cc2)ncnc1Oc1cc(F)c2[nH]c(C)cc2c1F.CCN1CCN(c2ccc(Nc3ncnc(Oc4cc(F)c5[nH]c(C)cc5c4F)c3C(=O)N(C)CC)cc2)CC1. The van der Waals surface area contributed by atoms with Gasteiger partial charge in [0.1, 0.15) is 35.7 Å². The van der Waals surface area contributed by atoms with Crippen molar-refractivity contribution in [1.29, 1.82) is 0 Å². The second-order valence-corrected chi connectivity index (χ2v) is 28.7. The van der Waals surface area contributed by atoms with E-state index in [2.05, 4.69) is 105 Å². The van der Waals surface area contributed by atoms with Gasteiger partial charge in [-0.2, -0.15) is 0 Å². The maximum Gasteiger partial charge on any atom is 0.262 e. The van der Waals surface area contributed by atoms with Gasteiger partial charge < -0.3 is 89.6 Å². The number of likely N-dealkylation sites (N-methyl/N-ethyl adjacent to an activating group) is 2. The van der Waals surface area contributed by atoms with Gasteiger partial charge in [-0.15, -0.1) is 0 Å². The minimum absolute atomic E-state index is 0.00758. The Kier molecular flexibility index (Phi) is 25.6. The number of aromatic nitrogens is 9. The molecular weight excluding hydrogens is 1510 g/mol. The lowest BCUT2D eigenvalue weighted by Crippen LogP contribution is -2.46. The predicted molar refractivity (Wildman–Crippen MR) is 441 cm³/mol. The van der Waals surface area contributed by atoms with E-state index >= 15 is 13.2 Å².